The van der Waals surface area contributed by atoms with Crippen LogP contribution in [0.25, 0.3) is 0 Å². The van der Waals surface area contributed by atoms with E-state index in [0.717, 1.165) is 18.8 Å². The molecule has 1 fully saturated rings. The second-order valence-electron chi connectivity index (χ2n) is 5.38. The van der Waals surface area contributed by atoms with Gasteiger partial charge in [0, 0.05) is 25.0 Å². The number of hydrogen-bond donors (Lipinski definition) is 0. The minimum Gasteiger partial charge on any atom is -0.341 e. The van der Waals surface area contributed by atoms with Crippen LogP contribution in [0, 0.1) is 18.8 Å². The van der Waals surface area contributed by atoms with Crippen molar-refractivity contribution in [2.75, 3.05) is 13.1 Å². The molecule has 2 heterocycles. The second-order valence-corrected chi connectivity index (χ2v) is 5.38. The van der Waals surface area contributed by atoms with Crippen LogP contribution in [0.4, 0.5) is 0 Å². The molecule has 2 rings (SSSR count). The molecule has 2 unspecified atom stereocenters. The molecule has 1 aromatic rings. The lowest BCUT2D eigenvalue weighted by molar-refractivity contribution is -0.134. The van der Waals surface area contributed by atoms with Gasteiger partial charge >= 0.3 is 0 Å². The van der Waals surface area contributed by atoms with Crippen molar-refractivity contribution in [1.29, 1.82) is 0 Å². The molecule has 0 radical (unpaired) electrons. The van der Waals surface area contributed by atoms with Crippen molar-refractivity contribution >= 4 is 5.91 Å². The molecule has 94 valence electrons. The van der Waals surface area contributed by atoms with Gasteiger partial charge in [-0.2, -0.15) is 5.10 Å². The number of piperidine rings is 1. The molecule has 0 N–H and O–H groups in total. The van der Waals surface area contributed by atoms with Crippen molar-refractivity contribution in [2.45, 2.75) is 33.7 Å². The Kier molecular flexibility index (Phi) is 3.50. The number of aromatic nitrogens is 2. The van der Waals surface area contributed by atoms with E-state index in [2.05, 4.69) is 18.9 Å². The number of nitrogens with zero attached hydrogens (tertiary/aromatic N) is 3. The molecule has 4 heteroatoms. The Balaban J connectivity index is 1.98. The largest absolute Gasteiger partial charge is 0.341 e. The average molecular weight is 235 g/mol. The molecule has 0 spiro atoms. The summed E-state index contributed by atoms with van der Waals surface area (Å²) in [5.41, 5.74) is 1.04. The van der Waals surface area contributed by atoms with E-state index >= 15 is 0 Å². The molecule has 1 aliphatic rings. The van der Waals surface area contributed by atoms with E-state index < -0.39 is 0 Å². The Morgan fingerprint density at radius 1 is 1.41 bits per heavy atom. The smallest absolute Gasteiger partial charge is 0.244 e. The Morgan fingerprint density at radius 3 is 2.59 bits per heavy atom. The number of aryl methyl sites for hydroxylation is 1. The zero-order chi connectivity index (χ0) is 12.4. The number of likely N-dealkylation sites (tertiary alicyclic amines) is 1. The maximum atomic E-state index is 12.2. The first-order valence-corrected chi connectivity index (χ1v) is 6.32. The molecule has 1 aromatic heterocycles. The molecule has 17 heavy (non-hydrogen) atoms. The Bertz CT molecular complexity index is 389. The van der Waals surface area contributed by atoms with E-state index in [9.17, 15) is 4.79 Å². The minimum atomic E-state index is 0.190. The first kappa shape index (κ1) is 12.1. The lowest BCUT2D eigenvalue weighted by atomic mass is 9.92. The van der Waals surface area contributed by atoms with Gasteiger partial charge in [-0.3, -0.25) is 9.48 Å². The molecule has 1 saturated heterocycles. The summed E-state index contributed by atoms with van der Waals surface area (Å²) in [7, 11) is 0. The van der Waals surface area contributed by atoms with Crippen LogP contribution in [-0.2, 0) is 11.3 Å². The lowest BCUT2D eigenvalue weighted by Crippen LogP contribution is -2.44. The monoisotopic (exact) mass is 235 g/mol. The Hall–Kier alpha value is -1.32. The van der Waals surface area contributed by atoms with Crippen LogP contribution in [0.15, 0.2) is 12.3 Å². The van der Waals surface area contributed by atoms with Gasteiger partial charge in [0.2, 0.25) is 5.91 Å². The molecule has 1 aliphatic heterocycles. The highest BCUT2D eigenvalue weighted by Gasteiger charge is 2.25. The zero-order valence-corrected chi connectivity index (χ0v) is 10.9. The average Bonchev–Trinajstić information content (AvgIpc) is 2.63. The van der Waals surface area contributed by atoms with Crippen LogP contribution in [0.5, 0.6) is 0 Å². The van der Waals surface area contributed by atoms with Crippen molar-refractivity contribution < 1.29 is 4.79 Å². The summed E-state index contributed by atoms with van der Waals surface area (Å²) in [6.45, 7) is 8.57. The van der Waals surface area contributed by atoms with Crippen molar-refractivity contribution in [3.05, 3.63) is 18.0 Å². The molecule has 0 saturated carbocycles. The predicted molar refractivity (Wildman–Crippen MR) is 66.5 cm³/mol. The fraction of sp³-hybridized carbons (Fsp3) is 0.692. The first-order valence-electron chi connectivity index (χ1n) is 6.32. The van der Waals surface area contributed by atoms with Crippen LogP contribution < -0.4 is 0 Å². The molecular formula is C13H21N3O. The minimum absolute atomic E-state index is 0.190. The third-order valence-corrected chi connectivity index (χ3v) is 3.44. The SMILES string of the molecule is Cc1ccnn1CC(=O)N1CC(C)CC(C)C1. The molecule has 2 atom stereocenters. The fourth-order valence-corrected chi connectivity index (χ4v) is 2.66. The van der Waals surface area contributed by atoms with Crippen molar-refractivity contribution in [2.24, 2.45) is 11.8 Å². The molecule has 0 aliphatic carbocycles. The van der Waals surface area contributed by atoms with Gasteiger partial charge < -0.3 is 4.90 Å². The van der Waals surface area contributed by atoms with Crippen LogP contribution >= 0.6 is 0 Å². The second kappa shape index (κ2) is 4.90. The number of amides is 1. The van der Waals surface area contributed by atoms with Crippen LogP contribution in [0.1, 0.15) is 26.0 Å². The summed E-state index contributed by atoms with van der Waals surface area (Å²) in [6, 6.07) is 1.93. The van der Waals surface area contributed by atoms with Gasteiger partial charge in [-0.05, 0) is 31.2 Å². The van der Waals surface area contributed by atoms with Crippen molar-refractivity contribution in [3.8, 4) is 0 Å². The lowest BCUT2D eigenvalue weighted by Gasteiger charge is -2.35. The van der Waals surface area contributed by atoms with Crippen LogP contribution in [-0.4, -0.2) is 33.7 Å². The molecule has 0 aromatic carbocycles. The maximum Gasteiger partial charge on any atom is 0.244 e. The highest BCUT2D eigenvalue weighted by atomic mass is 16.2. The first-order chi connectivity index (χ1) is 8.06. The van der Waals surface area contributed by atoms with Crippen LogP contribution in [0.3, 0.4) is 0 Å². The normalized spacial score (nSPS) is 25.0. The van der Waals surface area contributed by atoms with Gasteiger partial charge in [0.1, 0.15) is 6.54 Å². The van der Waals surface area contributed by atoms with Gasteiger partial charge in [-0.25, -0.2) is 0 Å². The maximum absolute atomic E-state index is 12.2. The standard InChI is InChI=1S/C13H21N3O/c1-10-6-11(2)8-15(7-10)13(17)9-16-12(3)4-5-14-16/h4-5,10-11H,6-9H2,1-3H3. The summed E-state index contributed by atoms with van der Waals surface area (Å²) < 4.78 is 1.77. The van der Waals surface area contributed by atoms with Crippen molar-refractivity contribution in [3.63, 3.8) is 0 Å². The predicted octanol–water partition coefficient (Wildman–Crippen LogP) is 1.70. The highest BCUT2D eigenvalue weighted by Crippen LogP contribution is 2.21. The summed E-state index contributed by atoms with van der Waals surface area (Å²) in [5.74, 6) is 1.41. The van der Waals surface area contributed by atoms with Crippen molar-refractivity contribution in [1.82, 2.24) is 14.7 Å². The Morgan fingerprint density at radius 2 is 2.06 bits per heavy atom. The molecular weight excluding hydrogens is 214 g/mol. The van der Waals surface area contributed by atoms with Gasteiger partial charge in [0.25, 0.3) is 0 Å². The van der Waals surface area contributed by atoms with E-state index in [0.29, 0.717) is 18.4 Å². The van der Waals surface area contributed by atoms with E-state index in [4.69, 9.17) is 0 Å². The molecule has 1 amide bonds. The van der Waals surface area contributed by atoms with Gasteiger partial charge in [0.05, 0.1) is 0 Å². The Labute approximate surface area is 103 Å². The van der Waals surface area contributed by atoms with Gasteiger partial charge in [0.15, 0.2) is 0 Å². The quantitative estimate of drug-likeness (QED) is 0.782. The number of rotatable bonds is 2. The van der Waals surface area contributed by atoms with E-state index in [-0.39, 0.29) is 5.91 Å². The molecule has 4 nitrogen and oxygen atoms in total. The summed E-state index contributed by atoms with van der Waals surface area (Å²) in [5, 5.41) is 4.16. The van der Waals surface area contributed by atoms with Crippen LogP contribution in [0.2, 0.25) is 0 Å². The van der Waals surface area contributed by atoms with E-state index in [1.807, 2.05) is 17.9 Å². The third kappa shape index (κ3) is 2.87. The molecule has 0 bridgehead atoms. The van der Waals surface area contributed by atoms with Gasteiger partial charge in [-0.15, -0.1) is 0 Å². The van der Waals surface area contributed by atoms with E-state index in [1.165, 1.54) is 6.42 Å². The van der Waals surface area contributed by atoms with E-state index in [1.54, 1.807) is 10.9 Å². The fourth-order valence-electron chi connectivity index (χ4n) is 2.66. The van der Waals surface area contributed by atoms with Gasteiger partial charge in [-0.1, -0.05) is 13.8 Å². The number of carbonyl (C=O) groups is 1. The summed E-state index contributed by atoms with van der Waals surface area (Å²) >= 11 is 0. The number of hydrogen-bond acceptors (Lipinski definition) is 2. The number of carbonyl (C=O) groups excluding carboxylic acids is 1. The summed E-state index contributed by atoms with van der Waals surface area (Å²) in [6.07, 6.45) is 2.97. The summed E-state index contributed by atoms with van der Waals surface area (Å²) in [4.78, 5) is 14.2. The highest BCUT2D eigenvalue weighted by molar-refractivity contribution is 5.76. The topological polar surface area (TPSA) is 38.1 Å². The third-order valence-electron chi connectivity index (χ3n) is 3.44. The zero-order valence-electron chi connectivity index (χ0n) is 10.9.